The average Bonchev–Trinajstić information content (AvgIpc) is 2.80. The number of carbonyl (C=O) groups excluding carboxylic acids is 2. The topological polar surface area (TPSA) is 86.8 Å². The van der Waals surface area contributed by atoms with Gasteiger partial charge in [0.05, 0.1) is 11.9 Å². The van der Waals surface area contributed by atoms with Gasteiger partial charge in [0.1, 0.15) is 6.04 Å². The van der Waals surface area contributed by atoms with Gasteiger partial charge in [-0.25, -0.2) is 8.42 Å². The zero-order valence-electron chi connectivity index (χ0n) is 20.9. The van der Waals surface area contributed by atoms with Crippen LogP contribution in [0.25, 0.3) is 0 Å². The zero-order valence-corrected chi connectivity index (χ0v) is 21.7. The molecule has 0 fully saturated rings. The second-order valence-corrected chi connectivity index (χ2v) is 10.5. The van der Waals surface area contributed by atoms with Crippen LogP contribution in [0.15, 0.2) is 48.5 Å². The Morgan fingerprint density at radius 3 is 2.32 bits per heavy atom. The summed E-state index contributed by atoms with van der Waals surface area (Å²) < 4.78 is 26.4. The van der Waals surface area contributed by atoms with E-state index >= 15 is 0 Å². The molecule has 1 unspecified atom stereocenters. The Balaban J connectivity index is 2.16. The molecule has 0 aliphatic carbocycles. The number of carbonyl (C=O) groups is 2. The van der Waals surface area contributed by atoms with Gasteiger partial charge in [-0.15, -0.1) is 0 Å². The van der Waals surface area contributed by atoms with Crippen molar-refractivity contribution in [3.05, 3.63) is 65.2 Å². The Kier molecular flexibility index (Phi) is 10.1. The summed E-state index contributed by atoms with van der Waals surface area (Å²) in [7, 11) is -3.52. The number of nitrogens with zero attached hydrogens (tertiary/aromatic N) is 2. The van der Waals surface area contributed by atoms with Crippen molar-refractivity contribution >= 4 is 27.5 Å². The van der Waals surface area contributed by atoms with Gasteiger partial charge in [-0.2, -0.15) is 0 Å². The maximum absolute atomic E-state index is 13.2. The van der Waals surface area contributed by atoms with Crippen LogP contribution in [0.1, 0.15) is 49.8 Å². The molecule has 1 atom stereocenters. The molecule has 2 amide bonds. The SMILES string of the molecule is CCCNC(=O)C(C)N(Cc1ccccc1)C(=O)CCCN(c1cccc(C)c1C)S(C)(=O)=O. The molecule has 7 nitrogen and oxygen atoms in total. The van der Waals surface area contributed by atoms with Crippen molar-refractivity contribution in [2.45, 2.75) is 59.5 Å². The molecule has 0 saturated heterocycles. The van der Waals surface area contributed by atoms with Gasteiger partial charge >= 0.3 is 0 Å². The molecule has 2 rings (SSSR count). The third-order valence-electron chi connectivity index (χ3n) is 5.91. The molecule has 0 saturated carbocycles. The first-order valence-corrected chi connectivity index (χ1v) is 13.6. The molecule has 2 aromatic carbocycles. The molecule has 34 heavy (non-hydrogen) atoms. The fourth-order valence-corrected chi connectivity index (χ4v) is 4.76. The van der Waals surface area contributed by atoms with Crippen LogP contribution >= 0.6 is 0 Å². The molecular weight excluding hydrogens is 450 g/mol. The van der Waals surface area contributed by atoms with Gasteiger partial charge in [-0.3, -0.25) is 13.9 Å². The van der Waals surface area contributed by atoms with Gasteiger partial charge in [0.2, 0.25) is 21.8 Å². The molecule has 0 radical (unpaired) electrons. The predicted octanol–water partition coefficient (Wildman–Crippen LogP) is 3.79. The van der Waals surface area contributed by atoms with Crippen molar-refractivity contribution in [3.8, 4) is 0 Å². The van der Waals surface area contributed by atoms with Crippen LogP contribution in [0.4, 0.5) is 5.69 Å². The van der Waals surface area contributed by atoms with E-state index in [1.165, 1.54) is 10.6 Å². The second kappa shape index (κ2) is 12.6. The van der Waals surface area contributed by atoms with E-state index in [0.29, 0.717) is 25.2 Å². The normalized spacial score (nSPS) is 12.1. The summed E-state index contributed by atoms with van der Waals surface area (Å²) >= 11 is 0. The molecule has 2 aromatic rings. The van der Waals surface area contributed by atoms with Crippen molar-refractivity contribution in [1.29, 1.82) is 0 Å². The number of hydrogen-bond acceptors (Lipinski definition) is 4. The molecule has 186 valence electrons. The largest absolute Gasteiger partial charge is 0.354 e. The van der Waals surface area contributed by atoms with E-state index in [4.69, 9.17) is 0 Å². The molecule has 0 aromatic heterocycles. The summed E-state index contributed by atoms with van der Waals surface area (Å²) in [6.07, 6.45) is 2.46. The van der Waals surface area contributed by atoms with E-state index in [1.807, 2.05) is 63.2 Å². The van der Waals surface area contributed by atoms with Gasteiger partial charge in [-0.1, -0.05) is 49.4 Å². The summed E-state index contributed by atoms with van der Waals surface area (Å²) in [6.45, 7) is 8.58. The minimum absolute atomic E-state index is 0.134. The second-order valence-electron chi connectivity index (χ2n) is 8.63. The first-order valence-electron chi connectivity index (χ1n) is 11.7. The smallest absolute Gasteiger partial charge is 0.242 e. The highest BCUT2D eigenvalue weighted by Gasteiger charge is 2.26. The van der Waals surface area contributed by atoms with Crippen molar-refractivity contribution < 1.29 is 18.0 Å². The van der Waals surface area contributed by atoms with E-state index in [9.17, 15) is 18.0 Å². The number of nitrogens with one attached hydrogen (secondary N) is 1. The van der Waals surface area contributed by atoms with Crippen LogP contribution in [0.5, 0.6) is 0 Å². The highest BCUT2D eigenvalue weighted by atomic mass is 32.2. The van der Waals surface area contributed by atoms with Crippen molar-refractivity contribution in [2.75, 3.05) is 23.7 Å². The predicted molar refractivity (Wildman–Crippen MR) is 137 cm³/mol. The number of hydrogen-bond donors (Lipinski definition) is 1. The quantitative estimate of drug-likeness (QED) is 0.493. The molecule has 1 N–H and O–H groups in total. The molecule has 0 bridgehead atoms. The Hall–Kier alpha value is -2.87. The van der Waals surface area contributed by atoms with Gasteiger partial charge in [0.15, 0.2) is 0 Å². The summed E-state index contributed by atoms with van der Waals surface area (Å²) in [5.74, 6) is -0.378. The lowest BCUT2D eigenvalue weighted by Gasteiger charge is -2.29. The van der Waals surface area contributed by atoms with E-state index in [2.05, 4.69) is 5.32 Å². The average molecular weight is 488 g/mol. The lowest BCUT2D eigenvalue weighted by atomic mass is 10.1. The van der Waals surface area contributed by atoms with Crippen LogP contribution in [-0.2, 0) is 26.2 Å². The molecular formula is C26H37N3O4S. The monoisotopic (exact) mass is 487 g/mol. The summed E-state index contributed by atoms with van der Waals surface area (Å²) in [6, 6.07) is 14.5. The number of benzene rings is 2. The third-order valence-corrected chi connectivity index (χ3v) is 7.09. The fraction of sp³-hybridized carbons (Fsp3) is 0.462. The highest BCUT2D eigenvalue weighted by molar-refractivity contribution is 7.92. The van der Waals surface area contributed by atoms with E-state index in [1.54, 1.807) is 17.9 Å². The molecule has 0 aliphatic rings. The van der Waals surface area contributed by atoms with Crippen LogP contribution < -0.4 is 9.62 Å². The first-order chi connectivity index (χ1) is 16.1. The zero-order chi connectivity index (χ0) is 25.3. The molecule has 0 heterocycles. The van der Waals surface area contributed by atoms with Gasteiger partial charge in [-0.05, 0) is 56.4 Å². The first kappa shape index (κ1) is 27.4. The van der Waals surface area contributed by atoms with Crippen molar-refractivity contribution in [2.24, 2.45) is 0 Å². The van der Waals surface area contributed by atoms with Crippen LogP contribution in [0, 0.1) is 13.8 Å². The van der Waals surface area contributed by atoms with E-state index < -0.39 is 16.1 Å². The lowest BCUT2D eigenvalue weighted by molar-refractivity contribution is -0.140. The highest BCUT2D eigenvalue weighted by Crippen LogP contribution is 2.25. The third kappa shape index (κ3) is 7.58. The number of amides is 2. The maximum atomic E-state index is 13.2. The Bertz CT molecular complexity index is 1070. The fourth-order valence-electron chi connectivity index (χ4n) is 3.75. The Morgan fingerprint density at radius 2 is 1.71 bits per heavy atom. The van der Waals surface area contributed by atoms with Crippen LogP contribution in [-0.4, -0.2) is 50.5 Å². The lowest BCUT2D eigenvalue weighted by Crippen LogP contribution is -2.47. The number of sulfonamides is 1. The summed E-state index contributed by atoms with van der Waals surface area (Å²) in [5, 5.41) is 2.86. The molecule has 0 spiro atoms. The van der Waals surface area contributed by atoms with E-state index in [0.717, 1.165) is 23.1 Å². The van der Waals surface area contributed by atoms with Crippen LogP contribution in [0.3, 0.4) is 0 Å². The van der Waals surface area contributed by atoms with Gasteiger partial charge in [0.25, 0.3) is 0 Å². The summed E-state index contributed by atoms with van der Waals surface area (Å²) in [4.78, 5) is 27.4. The summed E-state index contributed by atoms with van der Waals surface area (Å²) in [5.41, 5.74) is 3.46. The standard InChI is InChI=1S/C26H37N3O4S/c1-6-17-27-26(31)22(4)28(19-23-13-8-7-9-14-23)25(30)16-11-18-29(34(5,32)33)24-15-10-12-20(2)21(24)3/h7-10,12-15,22H,6,11,16-19H2,1-5H3,(H,27,31). The Labute approximate surface area is 204 Å². The van der Waals surface area contributed by atoms with E-state index in [-0.39, 0.29) is 24.8 Å². The Morgan fingerprint density at radius 1 is 1.03 bits per heavy atom. The van der Waals surface area contributed by atoms with Crippen molar-refractivity contribution in [3.63, 3.8) is 0 Å². The van der Waals surface area contributed by atoms with Crippen LogP contribution in [0.2, 0.25) is 0 Å². The molecule has 8 heteroatoms. The van der Waals surface area contributed by atoms with Crippen molar-refractivity contribution in [1.82, 2.24) is 10.2 Å². The molecule has 0 aliphatic heterocycles. The van der Waals surface area contributed by atoms with Gasteiger partial charge < -0.3 is 10.2 Å². The minimum atomic E-state index is -3.52. The number of aryl methyl sites for hydroxylation is 1. The maximum Gasteiger partial charge on any atom is 0.242 e. The van der Waals surface area contributed by atoms with Gasteiger partial charge in [0, 0.05) is 26.1 Å². The number of anilines is 1. The minimum Gasteiger partial charge on any atom is -0.354 e. The number of rotatable bonds is 12.